The maximum Gasteiger partial charge on any atom is 0.513 e. The molecule has 0 bridgehead atoms. The Kier molecular flexibility index (Phi) is 4.60. The van der Waals surface area contributed by atoms with Gasteiger partial charge in [-0.2, -0.15) is 0 Å². The molecule has 2 aromatic rings. The highest BCUT2D eigenvalue weighted by atomic mass is 16.7. The van der Waals surface area contributed by atoms with E-state index >= 15 is 0 Å². The summed E-state index contributed by atoms with van der Waals surface area (Å²) in [6.45, 7) is 2.19. The second kappa shape index (κ2) is 6.61. The molecule has 2 rings (SSSR count). The quantitative estimate of drug-likeness (QED) is 0.684. The number of carbonyl (C=O) groups is 1. The molecule has 0 spiro atoms. The summed E-state index contributed by atoms with van der Waals surface area (Å²) in [5, 5.41) is 9.15. The van der Waals surface area contributed by atoms with Gasteiger partial charge in [0.25, 0.3) is 0 Å². The van der Waals surface area contributed by atoms with Crippen molar-refractivity contribution in [1.29, 1.82) is 0 Å². The van der Waals surface area contributed by atoms with Gasteiger partial charge in [-0.1, -0.05) is 29.8 Å². The highest BCUT2D eigenvalue weighted by Gasteiger charge is 2.05. The minimum absolute atomic E-state index is 0.216. The first-order valence-electron chi connectivity index (χ1n) is 6.33. The van der Waals surface area contributed by atoms with Gasteiger partial charge < -0.3 is 14.6 Å². The van der Waals surface area contributed by atoms with Crippen LogP contribution in [-0.2, 0) is 11.2 Å². The van der Waals surface area contributed by atoms with Gasteiger partial charge in [-0.05, 0) is 36.8 Å². The highest BCUT2D eigenvalue weighted by molar-refractivity contribution is 5.63. The topological polar surface area (TPSA) is 55.8 Å². The summed E-state index contributed by atoms with van der Waals surface area (Å²) in [4.78, 5) is 11.5. The normalized spacial score (nSPS) is 10.1. The van der Waals surface area contributed by atoms with E-state index in [-0.39, 0.29) is 12.4 Å². The summed E-state index contributed by atoms with van der Waals surface area (Å²) in [5.74, 6) is 0.679. The van der Waals surface area contributed by atoms with Crippen LogP contribution < -0.4 is 4.74 Å². The Labute approximate surface area is 117 Å². The molecule has 4 nitrogen and oxygen atoms in total. The second-order valence-corrected chi connectivity index (χ2v) is 4.43. The van der Waals surface area contributed by atoms with Gasteiger partial charge in [0.15, 0.2) is 0 Å². The van der Waals surface area contributed by atoms with E-state index in [4.69, 9.17) is 14.6 Å². The minimum Gasteiger partial charge on any atom is -0.508 e. The van der Waals surface area contributed by atoms with Crippen LogP contribution in [0.3, 0.4) is 0 Å². The van der Waals surface area contributed by atoms with Crippen molar-refractivity contribution in [3.63, 3.8) is 0 Å². The van der Waals surface area contributed by atoms with Crippen LogP contribution in [-0.4, -0.2) is 17.9 Å². The predicted molar refractivity (Wildman–Crippen MR) is 75.0 cm³/mol. The van der Waals surface area contributed by atoms with Crippen molar-refractivity contribution < 1.29 is 19.4 Å². The van der Waals surface area contributed by atoms with Crippen molar-refractivity contribution in [2.45, 2.75) is 13.3 Å². The van der Waals surface area contributed by atoms with Gasteiger partial charge in [-0.25, -0.2) is 4.79 Å². The van der Waals surface area contributed by atoms with Crippen LogP contribution in [0.2, 0.25) is 0 Å². The molecule has 0 amide bonds. The number of ether oxygens (including phenoxy) is 2. The molecular formula is C16H16O4. The number of carbonyl (C=O) groups excluding carboxylic acids is 1. The average molecular weight is 272 g/mol. The van der Waals surface area contributed by atoms with Crippen LogP contribution in [0.1, 0.15) is 11.1 Å². The van der Waals surface area contributed by atoms with E-state index in [2.05, 4.69) is 0 Å². The lowest BCUT2D eigenvalue weighted by Crippen LogP contribution is -2.12. The fraction of sp³-hybridized carbons (Fsp3) is 0.188. The molecule has 0 heterocycles. The highest BCUT2D eigenvalue weighted by Crippen LogP contribution is 2.13. The lowest BCUT2D eigenvalue weighted by molar-refractivity contribution is 0.100. The van der Waals surface area contributed by atoms with E-state index in [1.165, 1.54) is 0 Å². The third kappa shape index (κ3) is 4.31. The van der Waals surface area contributed by atoms with Gasteiger partial charge in [0.2, 0.25) is 0 Å². The van der Waals surface area contributed by atoms with Crippen LogP contribution in [0.15, 0.2) is 48.5 Å². The van der Waals surface area contributed by atoms with Crippen molar-refractivity contribution in [3.8, 4) is 11.5 Å². The average Bonchev–Trinajstić information content (AvgIpc) is 2.44. The molecule has 0 fully saturated rings. The first-order chi connectivity index (χ1) is 9.63. The van der Waals surface area contributed by atoms with Gasteiger partial charge >= 0.3 is 6.16 Å². The molecule has 0 aromatic heterocycles. The van der Waals surface area contributed by atoms with Crippen molar-refractivity contribution in [2.75, 3.05) is 6.61 Å². The molecule has 0 radical (unpaired) electrons. The van der Waals surface area contributed by atoms with Gasteiger partial charge in [-0.3, -0.25) is 0 Å². The lowest BCUT2D eigenvalue weighted by atomic mass is 10.1. The van der Waals surface area contributed by atoms with Crippen molar-refractivity contribution >= 4 is 6.16 Å². The monoisotopic (exact) mass is 272 g/mol. The third-order valence-corrected chi connectivity index (χ3v) is 2.77. The Balaban J connectivity index is 1.75. The van der Waals surface area contributed by atoms with E-state index < -0.39 is 6.16 Å². The van der Waals surface area contributed by atoms with E-state index in [1.807, 2.05) is 19.1 Å². The third-order valence-electron chi connectivity index (χ3n) is 2.77. The molecule has 4 heteroatoms. The molecule has 2 aromatic carbocycles. The summed E-state index contributed by atoms with van der Waals surface area (Å²) < 4.78 is 10.0. The van der Waals surface area contributed by atoms with E-state index in [0.717, 1.165) is 11.1 Å². The summed E-state index contributed by atoms with van der Waals surface area (Å²) in [7, 11) is 0. The van der Waals surface area contributed by atoms with Gasteiger partial charge in [0, 0.05) is 6.42 Å². The number of aromatic hydroxyl groups is 1. The predicted octanol–water partition coefficient (Wildman–Crippen LogP) is 3.46. The number of aryl methyl sites for hydroxylation is 1. The largest absolute Gasteiger partial charge is 0.513 e. The molecule has 104 valence electrons. The smallest absolute Gasteiger partial charge is 0.508 e. The number of rotatable bonds is 4. The lowest BCUT2D eigenvalue weighted by Gasteiger charge is -2.06. The zero-order valence-electron chi connectivity index (χ0n) is 11.2. The van der Waals surface area contributed by atoms with Crippen molar-refractivity contribution in [3.05, 3.63) is 59.7 Å². The van der Waals surface area contributed by atoms with Crippen molar-refractivity contribution in [2.24, 2.45) is 0 Å². The fourth-order valence-corrected chi connectivity index (χ4v) is 1.65. The Morgan fingerprint density at radius 1 is 1.05 bits per heavy atom. The maximum atomic E-state index is 11.5. The fourth-order valence-electron chi connectivity index (χ4n) is 1.65. The van der Waals surface area contributed by atoms with E-state index in [9.17, 15) is 4.79 Å². The maximum absolute atomic E-state index is 11.5. The van der Waals surface area contributed by atoms with Crippen LogP contribution >= 0.6 is 0 Å². The summed E-state index contributed by atoms with van der Waals surface area (Å²) in [5.41, 5.74) is 2.07. The van der Waals surface area contributed by atoms with E-state index in [1.54, 1.807) is 36.4 Å². The van der Waals surface area contributed by atoms with Crippen LogP contribution in [0.5, 0.6) is 11.5 Å². The molecule has 20 heavy (non-hydrogen) atoms. The second-order valence-electron chi connectivity index (χ2n) is 4.43. The molecule has 1 N–H and O–H groups in total. The van der Waals surface area contributed by atoms with Crippen LogP contribution in [0, 0.1) is 6.92 Å². The van der Waals surface area contributed by atoms with Gasteiger partial charge in [-0.15, -0.1) is 0 Å². The molecule has 0 saturated carbocycles. The first kappa shape index (κ1) is 13.9. The molecule has 0 aliphatic heterocycles. The molecule has 0 saturated heterocycles. The minimum atomic E-state index is -0.715. The van der Waals surface area contributed by atoms with Crippen LogP contribution in [0.4, 0.5) is 4.79 Å². The zero-order chi connectivity index (χ0) is 14.4. The number of phenols is 1. The Morgan fingerprint density at radius 2 is 1.70 bits per heavy atom. The summed E-state index contributed by atoms with van der Waals surface area (Å²) >= 11 is 0. The van der Waals surface area contributed by atoms with Crippen LogP contribution in [0.25, 0.3) is 0 Å². The molecular weight excluding hydrogens is 256 g/mol. The van der Waals surface area contributed by atoms with Crippen molar-refractivity contribution in [1.82, 2.24) is 0 Å². The SMILES string of the molecule is Cc1ccc(OC(=O)OCCc2ccc(O)cc2)cc1. The zero-order valence-corrected chi connectivity index (χ0v) is 11.2. The molecule has 0 aliphatic carbocycles. The number of hydrogen-bond acceptors (Lipinski definition) is 4. The Bertz CT molecular complexity index is 558. The summed E-state index contributed by atoms with van der Waals surface area (Å²) in [6.07, 6.45) is -0.142. The molecule has 0 unspecified atom stereocenters. The number of hydrogen-bond donors (Lipinski definition) is 1. The van der Waals surface area contributed by atoms with E-state index in [0.29, 0.717) is 12.2 Å². The molecule has 0 aliphatic rings. The Hall–Kier alpha value is -2.49. The standard InChI is InChI=1S/C16H16O4/c1-12-2-8-15(9-3-12)20-16(18)19-11-10-13-4-6-14(17)7-5-13/h2-9,17H,10-11H2,1H3. The number of phenolic OH excluding ortho intramolecular Hbond substituents is 1. The van der Waals surface area contributed by atoms with Gasteiger partial charge in [0.05, 0.1) is 6.61 Å². The molecule has 0 atom stereocenters. The number of benzene rings is 2. The summed E-state index contributed by atoms with van der Waals surface area (Å²) in [6, 6.07) is 13.9. The first-order valence-corrected chi connectivity index (χ1v) is 6.33. The van der Waals surface area contributed by atoms with Gasteiger partial charge in [0.1, 0.15) is 11.5 Å². The Morgan fingerprint density at radius 3 is 2.35 bits per heavy atom.